The van der Waals surface area contributed by atoms with E-state index in [1.807, 2.05) is 30.3 Å². The maximum atomic E-state index is 5.81. The third kappa shape index (κ3) is 2.83. The number of hydrogen-bond donors (Lipinski definition) is 1. The molecule has 0 radical (unpaired) electrons. The molecule has 22 heavy (non-hydrogen) atoms. The zero-order chi connectivity index (χ0) is 14.8. The van der Waals surface area contributed by atoms with E-state index in [9.17, 15) is 0 Å². The standard InChI is InChI=1S/C18H19N3O/c1-2-6-14(7-3-1)19-15-10-11-21(12-15)13-18-20-16-8-4-5-9-17(16)22-18/h1-9,15,19H,10-13H2/t15-/m0/s1. The molecule has 1 fully saturated rings. The van der Waals surface area contributed by atoms with Crippen LogP contribution in [0.3, 0.4) is 0 Å². The van der Waals surface area contributed by atoms with Crippen LogP contribution in [-0.2, 0) is 6.54 Å². The van der Waals surface area contributed by atoms with E-state index in [4.69, 9.17) is 4.42 Å². The van der Waals surface area contributed by atoms with Crippen LogP contribution in [0.4, 0.5) is 5.69 Å². The van der Waals surface area contributed by atoms with Gasteiger partial charge in [0.2, 0.25) is 5.89 Å². The summed E-state index contributed by atoms with van der Waals surface area (Å²) in [5.41, 5.74) is 3.00. The molecule has 3 aromatic rings. The van der Waals surface area contributed by atoms with Gasteiger partial charge < -0.3 is 9.73 Å². The normalized spacial score (nSPS) is 18.8. The molecular formula is C18H19N3O. The average molecular weight is 293 g/mol. The Hall–Kier alpha value is -2.33. The van der Waals surface area contributed by atoms with Crippen molar-refractivity contribution in [3.63, 3.8) is 0 Å². The predicted molar refractivity (Wildman–Crippen MR) is 87.8 cm³/mol. The van der Waals surface area contributed by atoms with Gasteiger partial charge in [-0.25, -0.2) is 4.98 Å². The molecule has 1 aromatic heterocycles. The van der Waals surface area contributed by atoms with Crippen LogP contribution in [0.15, 0.2) is 59.0 Å². The Morgan fingerprint density at radius 2 is 1.91 bits per heavy atom. The summed E-state index contributed by atoms with van der Waals surface area (Å²) in [4.78, 5) is 6.95. The number of nitrogens with zero attached hydrogens (tertiary/aromatic N) is 2. The summed E-state index contributed by atoms with van der Waals surface area (Å²) in [6, 6.07) is 18.8. The van der Waals surface area contributed by atoms with E-state index in [2.05, 4.69) is 39.5 Å². The van der Waals surface area contributed by atoms with Crippen molar-refractivity contribution in [1.82, 2.24) is 9.88 Å². The number of anilines is 1. The Morgan fingerprint density at radius 1 is 1.09 bits per heavy atom. The lowest BCUT2D eigenvalue weighted by atomic mass is 10.2. The van der Waals surface area contributed by atoms with E-state index >= 15 is 0 Å². The van der Waals surface area contributed by atoms with Gasteiger partial charge in [-0.2, -0.15) is 0 Å². The van der Waals surface area contributed by atoms with Crippen LogP contribution in [0.25, 0.3) is 11.1 Å². The molecule has 0 saturated carbocycles. The minimum Gasteiger partial charge on any atom is -0.439 e. The van der Waals surface area contributed by atoms with Crippen LogP contribution in [0.2, 0.25) is 0 Å². The van der Waals surface area contributed by atoms with Gasteiger partial charge in [-0.05, 0) is 30.7 Å². The van der Waals surface area contributed by atoms with Crippen molar-refractivity contribution in [2.75, 3.05) is 18.4 Å². The third-order valence-electron chi connectivity index (χ3n) is 4.11. The molecule has 2 heterocycles. The van der Waals surface area contributed by atoms with Gasteiger partial charge in [0.1, 0.15) is 5.52 Å². The van der Waals surface area contributed by atoms with Crippen molar-refractivity contribution in [3.05, 3.63) is 60.5 Å². The summed E-state index contributed by atoms with van der Waals surface area (Å²) in [7, 11) is 0. The van der Waals surface area contributed by atoms with Crippen LogP contribution in [-0.4, -0.2) is 29.0 Å². The lowest BCUT2D eigenvalue weighted by molar-refractivity contribution is 0.293. The number of aromatic nitrogens is 1. The first kappa shape index (κ1) is 13.3. The van der Waals surface area contributed by atoms with Crippen LogP contribution >= 0.6 is 0 Å². The fourth-order valence-electron chi connectivity index (χ4n) is 3.04. The molecule has 0 spiro atoms. The van der Waals surface area contributed by atoms with E-state index in [1.54, 1.807) is 0 Å². The molecule has 1 aliphatic rings. The molecule has 0 amide bonds. The lowest BCUT2D eigenvalue weighted by Crippen LogP contribution is -2.26. The summed E-state index contributed by atoms with van der Waals surface area (Å²) in [6.45, 7) is 2.87. The third-order valence-corrected chi connectivity index (χ3v) is 4.11. The predicted octanol–water partition coefficient (Wildman–Crippen LogP) is 3.51. The van der Waals surface area contributed by atoms with E-state index in [0.29, 0.717) is 6.04 Å². The molecule has 112 valence electrons. The minimum atomic E-state index is 0.492. The second-order valence-electron chi connectivity index (χ2n) is 5.81. The number of para-hydroxylation sites is 3. The highest BCUT2D eigenvalue weighted by molar-refractivity contribution is 5.72. The molecule has 1 N–H and O–H groups in total. The molecule has 0 bridgehead atoms. The molecule has 1 aliphatic heterocycles. The van der Waals surface area contributed by atoms with E-state index in [0.717, 1.165) is 43.0 Å². The van der Waals surface area contributed by atoms with Crippen molar-refractivity contribution in [2.24, 2.45) is 0 Å². The first-order valence-corrected chi connectivity index (χ1v) is 7.75. The Balaban J connectivity index is 1.38. The number of rotatable bonds is 4. The fourth-order valence-corrected chi connectivity index (χ4v) is 3.04. The lowest BCUT2D eigenvalue weighted by Gasteiger charge is -2.15. The number of likely N-dealkylation sites (tertiary alicyclic amines) is 1. The Kier molecular flexibility index (Phi) is 3.52. The Labute approximate surface area is 129 Å². The molecule has 0 aliphatic carbocycles. The Morgan fingerprint density at radius 3 is 2.77 bits per heavy atom. The molecule has 1 atom stereocenters. The molecular weight excluding hydrogens is 274 g/mol. The second kappa shape index (κ2) is 5.81. The van der Waals surface area contributed by atoms with Gasteiger partial charge in [0.25, 0.3) is 0 Å². The summed E-state index contributed by atoms with van der Waals surface area (Å²) < 4.78 is 5.81. The summed E-state index contributed by atoms with van der Waals surface area (Å²) in [5.74, 6) is 0.807. The largest absolute Gasteiger partial charge is 0.439 e. The SMILES string of the molecule is c1ccc(N[C@H]2CCN(Cc3nc4ccccc4o3)C2)cc1. The zero-order valence-corrected chi connectivity index (χ0v) is 12.4. The summed E-state index contributed by atoms with van der Waals surface area (Å²) in [6.07, 6.45) is 1.15. The zero-order valence-electron chi connectivity index (χ0n) is 12.4. The highest BCUT2D eigenvalue weighted by Crippen LogP contribution is 2.20. The molecule has 4 nitrogen and oxygen atoms in total. The molecule has 4 rings (SSSR count). The average Bonchev–Trinajstić information content (AvgIpc) is 3.14. The molecule has 1 saturated heterocycles. The van der Waals surface area contributed by atoms with Gasteiger partial charge in [-0.1, -0.05) is 30.3 Å². The van der Waals surface area contributed by atoms with E-state index < -0.39 is 0 Å². The van der Waals surface area contributed by atoms with Crippen LogP contribution in [0, 0.1) is 0 Å². The molecule has 4 heteroatoms. The van der Waals surface area contributed by atoms with Crippen LogP contribution in [0.1, 0.15) is 12.3 Å². The van der Waals surface area contributed by atoms with Crippen molar-refractivity contribution in [1.29, 1.82) is 0 Å². The highest BCUT2D eigenvalue weighted by atomic mass is 16.3. The molecule has 0 unspecified atom stereocenters. The molecule has 2 aromatic carbocycles. The number of nitrogens with one attached hydrogen (secondary N) is 1. The quantitative estimate of drug-likeness (QED) is 0.799. The van der Waals surface area contributed by atoms with Gasteiger partial charge in [-0.15, -0.1) is 0 Å². The topological polar surface area (TPSA) is 41.3 Å². The maximum Gasteiger partial charge on any atom is 0.209 e. The highest BCUT2D eigenvalue weighted by Gasteiger charge is 2.23. The van der Waals surface area contributed by atoms with Gasteiger partial charge >= 0.3 is 0 Å². The maximum absolute atomic E-state index is 5.81. The van der Waals surface area contributed by atoms with E-state index in [1.165, 1.54) is 5.69 Å². The first-order valence-electron chi connectivity index (χ1n) is 7.75. The van der Waals surface area contributed by atoms with Crippen LogP contribution < -0.4 is 5.32 Å². The van der Waals surface area contributed by atoms with Crippen molar-refractivity contribution in [2.45, 2.75) is 19.0 Å². The minimum absolute atomic E-state index is 0.492. The van der Waals surface area contributed by atoms with Gasteiger partial charge in [0.05, 0.1) is 6.54 Å². The van der Waals surface area contributed by atoms with E-state index in [-0.39, 0.29) is 0 Å². The summed E-state index contributed by atoms with van der Waals surface area (Å²) >= 11 is 0. The van der Waals surface area contributed by atoms with Gasteiger partial charge in [0, 0.05) is 24.8 Å². The monoisotopic (exact) mass is 293 g/mol. The number of oxazole rings is 1. The summed E-state index contributed by atoms with van der Waals surface area (Å²) in [5, 5.41) is 3.59. The number of benzene rings is 2. The van der Waals surface area contributed by atoms with Gasteiger partial charge in [0.15, 0.2) is 5.58 Å². The number of hydrogen-bond acceptors (Lipinski definition) is 4. The first-order chi connectivity index (χ1) is 10.9. The second-order valence-corrected chi connectivity index (χ2v) is 5.81. The number of fused-ring (bicyclic) bond motifs is 1. The van der Waals surface area contributed by atoms with Crippen molar-refractivity contribution in [3.8, 4) is 0 Å². The van der Waals surface area contributed by atoms with Crippen LogP contribution in [0.5, 0.6) is 0 Å². The van der Waals surface area contributed by atoms with Crippen molar-refractivity contribution >= 4 is 16.8 Å². The Bertz CT molecular complexity index is 720. The smallest absolute Gasteiger partial charge is 0.209 e. The fraction of sp³-hybridized carbons (Fsp3) is 0.278. The van der Waals surface area contributed by atoms with Gasteiger partial charge in [-0.3, -0.25) is 4.90 Å². The van der Waals surface area contributed by atoms with Crippen molar-refractivity contribution < 1.29 is 4.42 Å².